The van der Waals surface area contributed by atoms with E-state index in [2.05, 4.69) is 17.2 Å². The second-order valence-corrected chi connectivity index (χ2v) is 14.6. The minimum atomic E-state index is -0.664. The molecule has 2 aromatic heterocycles. The number of carbonyl (C=O) groups is 2. The Kier molecular flexibility index (Phi) is 8.93. The van der Waals surface area contributed by atoms with Crippen molar-refractivity contribution >= 4 is 46.3 Å². The molecule has 12 heteroatoms. The summed E-state index contributed by atoms with van der Waals surface area (Å²) in [5.41, 5.74) is 3.39. The van der Waals surface area contributed by atoms with Gasteiger partial charge in [-0.1, -0.05) is 29.8 Å². The first-order valence-corrected chi connectivity index (χ1v) is 16.6. The van der Waals surface area contributed by atoms with Crippen molar-refractivity contribution in [3.63, 3.8) is 0 Å². The van der Waals surface area contributed by atoms with E-state index in [9.17, 15) is 9.59 Å². The zero-order valence-electron chi connectivity index (χ0n) is 28.5. The monoisotopic (exact) mass is 675 g/mol. The highest BCUT2D eigenvalue weighted by Crippen LogP contribution is 2.48. The van der Waals surface area contributed by atoms with Gasteiger partial charge in [0.2, 0.25) is 5.95 Å². The predicted octanol–water partition coefficient (Wildman–Crippen LogP) is 8.47. The van der Waals surface area contributed by atoms with E-state index >= 15 is 0 Å². The van der Waals surface area contributed by atoms with Gasteiger partial charge in [0.05, 0.1) is 28.1 Å². The lowest BCUT2D eigenvalue weighted by Gasteiger charge is -2.35. The van der Waals surface area contributed by atoms with E-state index < -0.39 is 17.3 Å². The van der Waals surface area contributed by atoms with Crippen molar-refractivity contribution in [1.82, 2.24) is 19.4 Å². The summed E-state index contributed by atoms with van der Waals surface area (Å²) >= 11 is 6.68. The smallest absolute Gasteiger partial charge is 0.419 e. The summed E-state index contributed by atoms with van der Waals surface area (Å²) in [4.78, 5) is 36.9. The molecule has 2 aliphatic rings. The zero-order valence-corrected chi connectivity index (χ0v) is 29.2. The van der Waals surface area contributed by atoms with Crippen LogP contribution in [0, 0.1) is 6.92 Å². The number of ether oxygens (including phenoxy) is 4. The zero-order chi connectivity index (χ0) is 34.4. The molecule has 0 bridgehead atoms. The van der Waals surface area contributed by atoms with Crippen LogP contribution in [0.1, 0.15) is 71.4 Å². The molecule has 2 aliphatic heterocycles. The first-order chi connectivity index (χ1) is 22.7. The van der Waals surface area contributed by atoms with Crippen LogP contribution in [-0.2, 0) is 9.47 Å². The van der Waals surface area contributed by atoms with Crippen LogP contribution in [0.25, 0.3) is 22.2 Å². The first-order valence-electron chi connectivity index (χ1n) is 16.2. The Morgan fingerprint density at radius 1 is 0.958 bits per heavy atom. The molecule has 1 N–H and O–H groups in total. The van der Waals surface area contributed by atoms with Gasteiger partial charge < -0.3 is 29.2 Å². The summed E-state index contributed by atoms with van der Waals surface area (Å²) in [6.45, 7) is 15.2. The number of anilines is 2. The van der Waals surface area contributed by atoms with Crippen LogP contribution < -0.4 is 14.8 Å². The molecule has 0 saturated carbocycles. The first kappa shape index (κ1) is 33.4. The number of nitrogens with zero attached hydrogens (tertiary/aromatic N) is 4. The lowest BCUT2D eigenvalue weighted by atomic mass is 9.85. The Morgan fingerprint density at radius 3 is 2.29 bits per heavy atom. The largest absolute Gasteiger partial charge is 0.486 e. The van der Waals surface area contributed by atoms with Gasteiger partial charge in [-0.2, -0.15) is 0 Å². The normalized spacial score (nSPS) is 15.4. The number of nitrogens with one attached hydrogen (secondary N) is 1. The maximum Gasteiger partial charge on any atom is 0.419 e. The van der Waals surface area contributed by atoms with Crippen LogP contribution in [0.15, 0.2) is 42.7 Å². The van der Waals surface area contributed by atoms with Gasteiger partial charge in [-0.25, -0.2) is 19.6 Å². The molecule has 1 fully saturated rings. The molecule has 0 atom stereocenters. The highest BCUT2D eigenvalue weighted by atomic mass is 35.5. The summed E-state index contributed by atoms with van der Waals surface area (Å²) in [7, 11) is 0. The number of likely N-dealkylation sites (tertiary alicyclic amines) is 1. The van der Waals surface area contributed by atoms with Gasteiger partial charge >= 0.3 is 12.2 Å². The van der Waals surface area contributed by atoms with Gasteiger partial charge in [-0.05, 0) is 84.9 Å². The highest BCUT2D eigenvalue weighted by Gasteiger charge is 2.33. The Bertz CT molecular complexity index is 1870. The van der Waals surface area contributed by atoms with Crippen molar-refractivity contribution in [1.29, 1.82) is 0 Å². The van der Waals surface area contributed by atoms with Crippen LogP contribution in [0.3, 0.4) is 0 Å². The summed E-state index contributed by atoms with van der Waals surface area (Å²) < 4.78 is 25.2. The van der Waals surface area contributed by atoms with Gasteiger partial charge in [0.1, 0.15) is 24.4 Å². The van der Waals surface area contributed by atoms with E-state index in [1.165, 1.54) is 10.8 Å². The van der Waals surface area contributed by atoms with E-state index in [0.717, 1.165) is 29.4 Å². The summed E-state index contributed by atoms with van der Waals surface area (Å²) in [6.07, 6.45) is 4.02. The number of benzene rings is 2. The summed E-state index contributed by atoms with van der Waals surface area (Å²) in [6, 6.07) is 9.55. The third-order valence-electron chi connectivity index (χ3n) is 8.16. The number of para-hydroxylation sites is 1. The number of piperidine rings is 1. The lowest BCUT2D eigenvalue weighted by molar-refractivity contribution is 0.0203. The highest BCUT2D eigenvalue weighted by molar-refractivity contribution is 6.33. The van der Waals surface area contributed by atoms with E-state index in [1.54, 1.807) is 11.1 Å². The van der Waals surface area contributed by atoms with Crippen LogP contribution in [0.4, 0.5) is 21.2 Å². The van der Waals surface area contributed by atoms with Gasteiger partial charge in [0.15, 0.2) is 11.5 Å². The molecule has 1 amide bonds. The van der Waals surface area contributed by atoms with Gasteiger partial charge in [0, 0.05) is 35.8 Å². The molecule has 0 radical (unpaired) electrons. The van der Waals surface area contributed by atoms with E-state index in [1.807, 2.05) is 71.9 Å². The second kappa shape index (κ2) is 12.8. The topological polar surface area (TPSA) is 117 Å². The van der Waals surface area contributed by atoms with Crippen molar-refractivity contribution in [2.75, 3.05) is 31.6 Å². The van der Waals surface area contributed by atoms with Crippen molar-refractivity contribution in [3.05, 3.63) is 58.9 Å². The molecule has 254 valence electrons. The molecule has 0 aliphatic carbocycles. The molecule has 1 saturated heterocycles. The standard InChI is InChI=1S/C36H42ClN5O6/c1-21-18-26(30-31(46-17-16-45-30)28(21)22-12-14-41(15-13-22)33(43)47-35(2,3)4)39-32-38-19-25(37)29(40-32)24-20-42(34(44)48-36(5,6)7)27-11-9-8-10-23(24)27/h8-11,18-20,22H,12-17H2,1-7H3,(H,38,39,40). The quantitative estimate of drug-likeness (QED) is 0.227. The average Bonchev–Trinajstić information content (AvgIpc) is 3.40. The van der Waals surface area contributed by atoms with E-state index in [-0.39, 0.29) is 12.0 Å². The van der Waals surface area contributed by atoms with E-state index in [0.29, 0.717) is 71.2 Å². The van der Waals surface area contributed by atoms with Crippen molar-refractivity contribution in [2.24, 2.45) is 0 Å². The Balaban J connectivity index is 1.29. The van der Waals surface area contributed by atoms with Crippen LogP contribution in [0.5, 0.6) is 11.5 Å². The third-order valence-corrected chi connectivity index (χ3v) is 8.44. The number of halogens is 1. The average molecular weight is 676 g/mol. The maximum absolute atomic E-state index is 13.1. The predicted molar refractivity (Wildman–Crippen MR) is 185 cm³/mol. The Morgan fingerprint density at radius 2 is 1.60 bits per heavy atom. The van der Waals surface area contributed by atoms with Crippen LogP contribution in [-0.4, -0.2) is 69.1 Å². The SMILES string of the molecule is Cc1cc(Nc2ncc(Cl)c(-c3cn(C(=O)OC(C)(C)C)c4ccccc34)n2)c2c(c1C1CCN(C(=O)OC(C)(C)C)CC1)OCCO2. The maximum atomic E-state index is 13.1. The number of hydrogen-bond acceptors (Lipinski definition) is 9. The molecule has 6 rings (SSSR count). The van der Waals surface area contributed by atoms with Crippen molar-refractivity contribution < 1.29 is 28.5 Å². The second-order valence-electron chi connectivity index (χ2n) is 14.2. The van der Waals surface area contributed by atoms with Crippen LogP contribution >= 0.6 is 11.6 Å². The summed E-state index contributed by atoms with van der Waals surface area (Å²) in [5, 5.41) is 4.46. The third kappa shape index (κ3) is 7.01. The number of aromatic nitrogens is 3. The lowest BCUT2D eigenvalue weighted by Crippen LogP contribution is -2.41. The number of amides is 1. The Labute approximate surface area is 285 Å². The molecule has 0 unspecified atom stereocenters. The number of fused-ring (bicyclic) bond motifs is 2. The minimum absolute atomic E-state index is 0.189. The van der Waals surface area contributed by atoms with Gasteiger partial charge in [-0.15, -0.1) is 0 Å². The van der Waals surface area contributed by atoms with Crippen molar-refractivity contribution in [2.45, 2.75) is 78.4 Å². The molecular weight excluding hydrogens is 634 g/mol. The molecule has 11 nitrogen and oxygen atoms in total. The number of rotatable bonds is 4. The molecule has 4 heterocycles. The fourth-order valence-electron chi connectivity index (χ4n) is 6.20. The Hall–Kier alpha value is -4.51. The van der Waals surface area contributed by atoms with Gasteiger partial charge in [0.25, 0.3) is 0 Å². The fourth-order valence-corrected chi connectivity index (χ4v) is 6.40. The molecular formula is C36H42ClN5O6. The van der Waals surface area contributed by atoms with E-state index in [4.69, 9.17) is 35.5 Å². The number of carbonyl (C=O) groups excluding carboxylic acids is 2. The fraction of sp³-hybridized carbons (Fsp3) is 0.444. The molecule has 4 aromatic rings. The number of hydrogen-bond donors (Lipinski definition) is 1. The van der Waals surface area contributed by atoms with Crippen molar-refractivity contribution in [3.8, 4) is 22.8 Å². The molecule has 0 spiro atoms. The number of aryl methyl sites for hydroxylation is 1. The minimum Gasteiger partial charge on any atom is -0.486 e. The summed E-state index contributed by atoms with van der Waals surface area (Å²) in [5.74, 6) is 1.79. The van der Waals surface area contributed by atoms with Crippen LogP contribution in [0.2, 0.25) is 5.02 Å². The molecule has 48 heavy (non-hydrogen) atoms. The molecule has 2 aromatic carbocycles. The van der Waals surface area contributed by atoms with Gasteiger partial charge in [-0.3, -0.25) is 4.57 Å².